The van der Waals surface area contributed by atoms with Gasteiger partial charge in [-0.05, 0) is 12.8 Å². The minimum Gasteiger partial charge on any atom is -0.355 e. The van der Waals surface area contributed by atoms with Gasteiger partial charge in [-0.15, -0.1) is 0 Å². The summed E-state index contributed by atoms with van der Waals surface area (Å²) in [5, 5.41) is 10.2. The van der Waals surface area contributed by atoms with Crippen molar-refractivity contribution in [3.05, 3.63) is 11.7 Å². The summed E-state index contributed by atoms with van der Waals surface area (Å²) in [6, 6.07) is 0. The first-order chi connectivity index (χ1) is 10.8. The van der Waals surface area contributed by atoms with Crippen LogP contribution in [0.2, 0.25) is 0 Å². The van der Waals surface area contributed by atoms with E-state index in [1.807, 2.05) is 0 Å². The highest BCUT2D eigenvalue weighted by molar-refractivity contribution is 5.75. The molecule has 1 saturated heterocycles. The highest BCUT2D eigenvalue weighted by Gasteiger charge is 2.10. The molecule has 1 aromatic heterocycles. The molecular weight excluding hydrogens is 282 g/mol. The molecular formula is C15H27N5O2. The maximum absolute atomic E-state index is 11.8. The number of carbonyl (C=O) groups excluding carboxylic acids is 1. The van der Waals surface area contributed by atoms with Crippen LogP contribution in [0.15, 0.2) is 4.52 Å². The number of aromatic nitrogens is 2. The lowest BCUT2D eigenvalue weighted by Crippen LogP contribution is -2.46. The molecule has 0 saturated carbocycles. The zero-order valence-corrected chi connectivity index (χ0v) is 13.4. The van der Waals surface area contributed by atoms with Gasteiger partial charge in [0.05, 0.1) is 0 Å². The Morgan fingerprint density at radius 1 is 1.36 bits per heavy atom. The van der Waals surface area contributed by atoms with E-state index in [1.165, 1.54) is 0 Å². The summed E-state index contributed by atoms with van der Waals surface area (Å²) >= 11 is 0. The van der Waals surface area contributed by atoms with Crippen LogP contribution in [-0.2, 0) is 17.6 Å². The van der Waals surface area contributed by atoms with E-state index in [9.17, 15) is 4.79 Å². The topological polar surface area (TPSA) is 83.3 Å². The van der Waals surface area contributed by atoms with E-state index in [-0.39, 0.29) is 5.91 Å². The molecule has 22 heavy (non-hydrogen) atoms. The van der Waals surface area contributed by atoms with Gasteiger partial charge in [0.25, 0.3) is 0 Å². The molecule has 1 fully saturated rings. The van der Waals surface area contributed by atoms with Gasteiger partial charge in [0.1, 0.15) is 0 Å². The number of hydrogen-bond acceptors (Lipinski definition) is 6. The maximum Gasteiger partial charge on any atom is 0.226 e. The Hall–Kier alpha value is -1.47. The Morgan fingerprint density at radius 3 is 2.95 bits per heavy atom. The third kappa shape index (κ3) is 6.11. The predicted molar refractivity (Wildman–Crippen MR) is 83.6 cm³/mol. The van der Waals surface area contributed by atoms with Crippen LogP contribution in [0.25, 0.3) is 0 Å². The van der Waals surface area contributed by atoms with Crippen molar-refractivity contribution in [3.63, 3.8) is 0 Å². The summed E-state index contributed by atoms with van der Waals surface area (Å²) in [6.45, 7) is 7.94. The molecule has 0 atom stereocenters. The van der Waals surface area contributed by atoms with Crippen molar-refractivity contribution in [1.29, 1.82) is 0 Å². The molecule has 7 heteroatoms. The minimum absolute atomic E-state index is 0.100. The molecule has 0 aromatic carbocycles. The summed E-state index contributed by atoms with van der Waals surface area (Å²) in [7, 11) is 0. The van der Waals surface area contributed by atoms with Gasteiger partial charge < -0.3 is 15.2 Å². The molecule has 0 radical (unpaired) electrons. The summed E-state index contributed by atoms with van der Waals surface area (Å²) in [6.07, 6.45) is 3.77. The lowest BCUT2D eigenvalue weighted by atomic mass is 10.2. The van der Waals surface area contributed by atoms with E-state index < -0.39 is 0 Å². The number of hydrogen-bond donors (Lipinski definition) is 2. The van der Waals surface area contributed by atoms with Gasteiger partial charge >= 0.3 is 0 Å². The number of piperazine rings is 1. The largest absolute Gasteiger partial charge is 0.355 e. The fourth-order valence-corrected chi connectivity index (χ4v) is 2.49. The Bertz CT molecular complexity index is 443. The Morgan fingerprint density at radius 2 is 2.18 bits per heavy atom. The molecule has 1 amide bonds. The minimum atomic E-state index is 0.100. The Balaban J connectivity index is 1.53. The average Bonchev–Trinajstić information content (AvgIpc) is 2.96. The lowest BCUT2D eigenvalue weighted by molar-refractivity contribution is -0.121. The molecule has 7 nitrogen and oxygen atoms in total. The highest BCUT2D eigenvalue weighted by Crippen LogP contribution is 2.04. The SMILES string of the molecule is CCCc1noc(CCCC(=O)NCCN2CCNCC2)n1. The number of rotatable bonds is 9. The second-order valence-corrected chi connectivity index (χ2v) is 5.65. The first kappa shape index (κ1) is 16.9. The zero-order valence-electron chi connectivity index (χ0n) is 13.4. The van der Waals surface area contributed by atoms with Gasteiger partial charge in [0.2, 0.25) is 11.8 Å². The quantitative estimate of drug-likeness (QED) is 0.685. The molecule has 2 N–H and O–H groups in total. The fraction of sp³-hybridized carbons (Fsp3) is 0.800. The fourth-order valence-electron chi connectivity index (χ4n) is 2.49. The van der Waals surface area contributed by atoms with Gasteiger partial charge in [0.15, 0.2) is 5.82 Å². The standard InChI is InChI=1S/C15H27N5O2/c1-2-4-13-18-15(22-19-13)6-3-5-14(21)17-9-12-20-10-7-16-8-11-20/h16H,2-12H2,1H3,(H,17,21). The van der Waals surface area contributed by atoms with Crippen molar-refractivity contribution < 1.29 is 9.32 Å². The Kier molecular flexibility index (Phi) is 7.32. The lowest BCUT2D eigenvalue weighted by Gasteiger charge is -2.27. The van der Waals surface area contributed by atoms with E-state index in [2.05, 4.69) is 32.6 Å². The molecule has 0 aliphatic carbocycles. The van der Waals surface area contributed by atoms with E-state index in [0.717, 1.165) is 64.4 Å². The summed E-state index contributed by atoms with van der Waals surface area (Å²) in [4.78, 5) is 18.4. The average molecular weight is 309 g/mol. The molecule has 0 bridgehead atoms. The third-order valence-electron chi connectivity index (χ3n) is 3.74. The van der Waals surface area contributed by atoms with E-state index in [0.29, 0.717) is 18.7 Å². The van der Waals surface area contributed by atoms with Crippen LogP contribution in [0.3, 0.4) is 0 Å². The van der Waals surface area contributed by atoms with Crippen LogP contribution in [0, 0.1) is 0 Å². The predicted octanol–water partition coefficient (Wildman–Crippen LogP) is 0.366. The first-order valence-electron chi connectivity index (χ1n) is 8.29. The smallest absolute Gasteiger partial charge is 0.226 e. The van der Waals surface area contributed by atoms with E-state index in [1.54, 1.807) is 0 Å². The zero-order chi connectivity index (χ0) is 15.6. The molecule has 124 valence electrons. The van der Waals surface area contributed by atoms with Crippen LogP contribution >= 0.6 is 0 Å². The first-order valence-corrected chi connectivity index (χ1v) is 8.29. The molecule has 1 aromatic rings. The second-order valence-electron chi connectivity index (χ2n) is 5.65. The molecule has 1 aliphatic heterocycles. The van der Waals surface area contributed by atoms with Crippen molar-refractivity contribution in [2.24, 2.45) is 0 Å². The van der Waals surface area contributed by atoms with Crippen molar-refractivity contribution in [2.75, 3.05) is 39.3 Å². The third-order valence-corrected chi connectivity index (χ3v) is 3.74. The van der Waals surface area contributed by atoms with Gasteiger partial charge in [-0.1, -0.05) is 12.1 Å². The van der Waals surface area contributed by atoms with Gasteiger partial charge in [-0.25, -0.2) is 0 Å². The molecule has 2 heterocycles. The maximum atomic E-state index is 11.8. The van der Waals surface area contributed by atoms with Gasteiger partial charge in [0, 0.05) is 58.5 Å². The Labute approximate surface area is 131 Å². The van der Waals surface area contributed by atoms with Crippen molar-refractivity contribution in [3.8, 4) is 0 Å². The highest BCUT2D eigenvalue weighted by atomic mass is 16.5. The molecule has 0 spiro atoms. The normalized spacial score (nSPS) is 15.9. The van der Waals surface area contributed by atoms with E-state index >= 15 is 0 Å². The molecule has 0 unspecified atom stereocenters. The number of amides is 1. The van der Waals surface area contributed by atoms with Crippen LogP contribution in [-0.4, -0.2) is 60.2 Å². The summed E-state index contributed by atoms with van der Waals surface area (Å²) in [5.74, 6) is 1.50. The molecule has 2 rings (SSSR count). The van der Waals surface area contributed by atoms with Crippen LogP contribution in [0.5, 0.6) is 0 Å². The van der Waals surface area contributed by atoms with Crippen LogP contribution in [0.1, 0.15) is 37.9 Å². The monoisotopic (exact) mass is 309 g/mol. The number of aryl methyl sites for hydroxylation is 2. The summed E-state index contributed by atoms with van der Waals surface area (Å²) in [5.41, 5.74) is 0. The van der Waals surface area contributed by atoms with Crippen molar-refractivity contribution in [1.82, 2.24) is 25.7 Å². The van der Waals surface area contributed by atoms with Gasteiger partial charge in [-0.3, -0.25) is 9.69 Å². The van der Waals surface area contributed by atoms with E-state index in [4.69, 9.17) is 4.52 Å². The number of nitrogens with zero attached hydrogens (tertiary/aromatic N) is 3. The van der Waals surface area contributed by atoms with Crippen molar-refractivity contribution in [2.45, 2.75) is 39.0 Å². The number of carbonyl (C=O) groups is 1. The van der Waals surface area contributed by atoms with Gasteiger partial charge in [-0.2, -0.15) is 4.98 Å². The van der Waals surface area contributed by atoms with Crippen LogP contribution < -0.4 is 10.6 Å². The summed E-state index contributed by atoms with van der Waals surface area (Å²) < 4.78 is 5.15. The molecule has 1 aliphatic rings. The van der Waals surface area contributed by atoms with Crippen molar-refractivity contribution >= 4 is 5.91 Å². The second kappa shape index (κ2) is 9.53. The van der Waals surface area contributed by atoms with Crippen LogP contribution in [0.4, 0.5) is 0 Å². The number of nitrogens with one attached hydrogen (secondary N) is 2.